The fourth-order valence-corrected chi connectivity index (χ4v) is 2.77. The first-order valence-electron chi connectivity index (χ1n) is 7.28. The standard InChI is InChI=1S/C17H21N3O/c1-11-9-12(17(2,3)4)16(21)15(10-11)20-18-13-7-5-6-8-14(13)19-20/h5-9,15,21H,10H2,1-4H3. The number of aliphatic hydroxyl groups excluding tert-OH is 1. The summed E-state index contributed by atoms with van der Waals surface area (Å²) in [5.74, 6) is 0.383. The Kier molecular flexibility index (Phi) is 3.12. The molecule has 0 spiro atoms. The van der Waals surface area contributed by atoms with Crippen LogP contribution in [0.15, 0.2) is 47.2 Å². The number of aromatic nitrogens is 3. The van der Waals surface area contributed by atoms with E-state index in [0.717, 1.165) is 23.0 Å². The second kappa shape index (κ2) is 4.72. The van der Waals surface area contributed by atoms with Crippen LogP contribution < -0.4 is 0 Å². The van der Waals surface area contributed by atoms with Crippen molar-refractivity contribution in [2.45, 2.75) is 40.2 Å². The van der Waals surface area contributed by atoms with Gasteiger partial charge in [0.05, 0.1) is 0 Å². The second-order valence-electron chi connectivity index (χ2n) is 6.77. The first-order valence-corrected chi connectivity index (χ1v) is 7.28. The van der Waals surface area contributed by atoms with Crippen molar-refractivity contribution in [3.63, 3.8) is 0 Å². The number of nitrogens with zero attached hydrogens (tertiary/aromatic N) is 3. The van der Waals surface area contributed by atoms with Crippen LogP contribution in [0.4, 0.5) is 0 Å². The fraction of sp³-hybridized carbons (Fsp3) is 0.412. The molecule has 0 aliphatic heterocycles. The van der Waals surface area contributed by atoms with Crippen molar-refractivity contribution in [3.05, 3.63) is 47.2 Å². The second-order valence-corrected chi connectivity index (χ2v) is 6.77. The molecule has 1 aliphatic carbocycles. The van der Waals surface area contributed by atoms with Crippen LogP contribution in [-0.2, 0) is 0 Å². The molecule has 4 heteroatoms. The molecule has 4 nitrogen and oxygen atoms in total. The van der Waals surface area contributed by atoms with Crippen molar-refractivity contribution < 1.29 is 5.11 Å². The molecule has 0 bridgehead atoms. The number of benzene rings is 1. The Morgan fingerprint density at radius 2 is 1.71 bits per heavy atom. The lowest BCUT2D eigenvalue weighted by atomic mass is 9.80. The van der Waals surface area contributed by atoms with Gasteiger partial charge in [0.15, 0.2) is 0 Å². The van der Waals surface area contributed by atoms with Crippen molar-refractivity contribution >= 4 is 11.0 Å². The van der Waals surface area contributed by atoms with E-state index in [-0.39, 0.29) is 11.5 Å². The van der Waals surface area contributed by atoms with Crippen molar-refractivity contribution in [1.29, 1.82) is 0 Å². The molecule has 2 aromatic rings. The highest BCUT2D eigenvalue weighted by molar-refractivity contribution is 5.73. The van der Waals surface area contributed by atoms with E-state index in [1.54, 1.807) is 4.80 Å². The summed E-state index contributed by atoms with van der Waals surface area (Å²) in [6.07, 6.45) is 2.83. The largest absolute Gasteiger partial charge is 0.510 e. The van der Waals surface area contributed by atoms with Gasteiger partial charge in [-0.3, -0.25) is 0 Å². The van der Waals surface area contributed by atoms with E-state index < -0.39 is 0 Å². The quantitative estimate of drug-likeness (QED) is 0.854. The van der Waals surface area contributed by atoms with E-state index in [1.165, 1.54) is 5.57 Å². The predicted molar refractivity (Wildman–Crippen MR) is 84.0 cm³/mol. The zero-order chi connectivity index (χ0) is 15.2. The first-order chi connectivity index (χ1) is 9.86. The zero-order valence-corrected chi connectivity index (χ0v) is 13.0. The van der Waals surface area contributed by atoms with Crippen LogP contribution in [-0.4, -0.2) is 20.1 Å². The topological polar surface area (TPSA) is 50.9 Å². The third-order valence-corrected chi connectivity index (χ3v) is 3.89. The SMILES string of the molecule is CC1=CC(C(C)(C)C)=C(O)C(n2nc3ccccc3n2)C1. The van der Waals surface area contributed by atoms with E-state index in [1.807, 2.05) is 24.3 Å². The summed E-state index contributed by atoms with van der Waals surface area (Å²) < 4.78 is 0. The summed E-state index contributed by atoms with van der Waals surface area (Å²) in [6, 6.07) is 7.57. The highest BCUT2D eigenvalue weighted by Gasteiger charge is 2.30. The van der Waals surface area contributed by atoms with E-state index in [0.29, 0.717) is 5.76 Å². The Balaban J connectivity index is 2.09. The summed E-state index contributed by atoms with van der Waals surface area (Å²) in [7, 11) is 0. The van der Waals surface area contributed by atoms with Gasteiger partial charge in [0.2, 0.25) is 0 Å². The minimum absolute atomic E-state index is 0.101. The molecule has 1 atom stereocenters. The van der Waals surface area contributed by atoms with Crippen molar-refractivity contribution in [1.82, 2.24) is 15.0 Å². The lowest BCUT2D eigenvalue weighted by molar-refractivity contribution is 0.274. The van der Waals surface area contributed by atoms with Crippen LogP contribution in [0, 0.1) is 5.41 Å². The molecule has 1 aromatic heterocycles. The maximum atomic E-state index is 10.7. The van der Waals surface area contributed by atoms with E-state index in [2.05, 4.69) is 44.0 Å². The summed E-state index contributed by atoms with van der Waals surface area (Å²) in [5.41, 5.74) is 3.82. The molecule has 0 fully saturated rings. The lowest BCUT2D eigenvalue weighted by Crippen LogP contribution is -2.23. The van der Waals surface area contributed by atoms with Gasteiger partial charge < -0.3 is 5.11 Å². The molecule has 1 aliphatic rings. The normalized spacial score (nSPS) is 20.0. The smallest absolute Gasteiger partial charge is 0.132 e. The average Bonchev–Trinajstić information content (AvgIpc) is 2.83. The molecule has 1 aromatic carbocycles. The van der Waals surface area contributed by atoms with Crippen LogP contribution in [0.3, 0.4) is 0 Å². The molecule has 3 rings (SSSR count). The van der Waals surface area contributed by atoms with Gasteiger partial charge in [-0.2, -0.15) is 15.0 Å². The zero-order valence-electron chi connectivity index (χ0n) is 13.0. The molecule has 1 N–H and O–H groups in total. The van der Waals surface area contributed by atoms with Gasteiger partial charge in [0, 0.05) is 0 Å². The Morgan fingerprint density at radius 3 is 2.24 bits per heavy atom. The van der Waals surface area contributed by atoms with Crippen molar-refractivity contribution in [2.24, 2.45) is 5.41 Å². The molecule has 1 unspecified atom stereocenters. The molecule has 0 amide bonds. The number of allylic oxidation sites excluding steroid dienone is 4. The summed E-state index contributed by atoms with van der Waals surface area (Å²) >= 11 is 0. The molecular weight excluding hydrogens is 262 g/mol. The summed E-state index contributed by atoms with van der Waals surface area (Å²) in [5, 5.41) is 19.7. The summed E-state index contributed by atoms with van der Waals surface area (Å²) in [4.78, 5) is 1.66. The van der Waals surface area contributed by atoms with Gasteiger partial charge in [-0.25, -0.2) is 0 Å². The van der Waals surface area contributed by atoms with Crippen molar-refractivity contribution in [3.8, 4) is 0 Å². The molecular formula is C17H21N3O. The number of hydrogen-bond donors (Lipinski definition) is 1. The third-order valence-electron chi connectivity index (χ3n) is 3.89. The predicted octanol–water partition coefficient (Wildman–Crippen LogP) is 4.18. The minimum atomic E-state index is -0.211. The molecule has 21 heavy (non-hydrogen) atoms. The fourth-order valence-electron chi connectivity index (χ4n) is 2.77. The average molecular weight is 283 g/mol. The van der Waals surface area contributed by atoms with Gasteiger partial charge in [-0.05, 0) is 36.5 Å². The Hall–Kier alpha value is -2.10. The highest BCUT2D eigenvalue weighted by Crippen LogP contribution is 2.39. The number of hydrogen-bond acceptors (Lipinski definition) is 3. The van der Waals surface area contributed by atoms with Crippen LogP contribution in [0.25, 0.3) is 11.0 Å². The molecule has 0 saturated carbocycles. The van der Waals surface area contributed by atoms with E-state index in [4.69, 9.17) is 0 Å². The monoisotopic (exact) mass is 283 g/mol. The van der Waals surface area contributed by atoms with Crippen LogP contribution in [0.2, 0.25) is 0 Å². The van der Waals surface area contributed by atoms with Crippen LogP contribution in [0.1, 0.15) is 40.2 Å². The number of aliphatic hydroxyl groups is 1. The molecule has 1 heterocycles. The maximum absolute atomic E-state index is 10.7. The van der Waals surface area contributed by atoms with Gasteiger partial charge in [-0.1, -0.05) is 44.6 Å². The summed E-state index contributed by atoms with van der Waals surface area (Å²) in [6.45, 7) is 8.42. The first kappa shape index (κ1) is 13.9. The van der Waals surface area contributed by atoms with Gasteiger partial charge in [-0.15, -0.1) is 0 Å². The molecule has 110 valence electrons. The Labute approximate surface area is 124 Å². The lowest BCUT2D eigenvalue weighted by Gasteiger charge is -2.29. The van der Waals surface area contributed by atoms with Crippen LogP contribution in [0.5, 0.6) is 0 Å². The van der Waals surface area contributed by atoms with Crippen molar-refractivity contribution in [2.75, 3.05) is 0 Å². The number of fused-ring (bicyclic) bond motifs is 1. The Morgan fingerprint density at radius 1 is 1.14 bits per heavy atom. The Bertz CT molecular complexity index is 714. The van der Waals surface area contributed by atoms with Gasteiger partial charge >= 0.3 is 0 Å². The van der Waals surface area contributed by atoms with E-state index >= 15 is 0 Å². The number of rotatable bonds is 1. The maximum Gasteiger partial charge on any atom is 0.132 e. The van der Waals surface area contributed by atoms with Gasteiger partial charge in [0.25, 0.3) is 0 Å². The highest BCUT2D eigenvalue weighted by atomic mass is 16.3. The molecule has 0 saturated heterocycles. The minimum Gasteiger partial charge on any atom is -0.510 e. The van der Waals surface area contributed by atoms with E-state index in [9.17, 15) is 5.11 Å². The molecule has 0 radical (unpaired) electrons. The third kappa shape index (κ3) is 2.46. The van der Waals surface area contributed by atoms with Gasteiger partial charge in [0.1, 0.15) is 22.8 Å². The van der Waals surface area contributed by atoms with Crippen LogP contribution >= 0.6 is 0 Å².